The zero-order valence-corrected chi connectivity index (χ0v) is 19.8. The van der Waals surface area contributed by atoms with Gasteiger partial charge in [-0.25, -0.2) is 14.8 Å². The molecule has 0 amide bonds. The highest BCUT2D eigenvalue weighted by Crippen LogP contribution is 2.29. The van der Waals surface area contributed by atoms with Gasteiger partial charge in [0.15, 0.2) is 11.6 Å². The third kappa shape index (κ3) is 5.20. The van der Waals surface area contributed by atoms with E-state index in [1.807, 2.05) is 54.1 Å². The van der Waals surface area contributed by atoms with Crippen molar-refractivity contribution >= 4 is 5.97 Å². The predicted molar refractivity (Wildman–Crippen MR) is 134 cm³/mol. The molecule has 2 N–H and O–H groups in total. The van der Waals surface area contributed by atoms with Gasteiger partial charge in [-0.15, -0.1) is 5.10 Å². The molecule has 0 aliphatic carbocycles. The number of H-pyrrole nitrogens is 1. The molecule has 0 spiro atoms. The number of hydrogen-bond acceptors (Lipinski definition) is 6. The summed E-state index contributed by atoms with van der Waals surface area (Å²) in [6, 6.07) is 24.0. The van der Waals surface area contributed by atoms with Gasteiger partial charge in [0, 0.05) is 18.4 Å². The zero-order valence-electron chi connectivity index (χ0n) is 19.8. The molecule has 0 aliphatic heterocycles. The molecule has 0 bridgehead atoms. The van der Waals surface area contributed by atoms with Crippen LogP contribution in [0.4, 0.5) is 0 Å². The van der Waals surface area contributed by atoms with E-state index in [1.54, 1.807) is 0 Å². The van der Waals surface area contributed by atoms with Gasteiger partial charge >= 0.3 is 5.97 Å². The van der Waals surface area contributed by atoms with Crippen LogP contribution in [0.25, 0.3) is 22.5 Å². The largest absolute Gasteiger partial charge is 0.481 e. The summed E-state index contributed by atoms with van der Waals surface area (Å²) >= 11 is 0. The monoisotopic (exact) mass is 479 g/mol. The Morgan fingerprint density at radius 3 is 2.28 bits per heavy atom. The quantitative estimate of drug-likeness (QED) is 0.328. The fraction of sp³-hybridized carbons (Fsp3) is 0.185. The Morgan fingerprint density at radius 1 is 0.917 bits per heavy atom. The van der Waals surface area contributed by atoms with Gasteiger partial charge in [-0.3, -0.25) is 4.79 Å². The van der Waals surface area contributed by atoms with Gasteiger partial charge in [0.1, 0.15) is 5.82 Å². The lowest BCUT2D eigenvalue weighted by atomic mass is 9.98. The molecule has 2 aromatic heterocycles. The molecule has 180 valence electrons. The van der Waals surface area contributed by atoms with E-state index in [0.717, 1.165) is 51.5 Å². The Kier molecular flexibility index (Phi) is 6.61. The fourth-order valence-corrected chi connectivity index (χ4v) is 4.14. The van der Waals surface area contributed by atoms with E-state index in [9.17, 15) is 4.79 Å². The van der Waals surface area contributed by atoms with E-state index in [2.05, 4.69) is 51.0 Å². The normalized spacial score (nSPS) is 11.0. The van der Waals surface area contributed by atoms with Crippen molar-refractivity contribution in [2.24, 2.45) is 0 Å². The van der Waals surface area contributed by atoms with Crippen molar-refractivity contribution in [3.8, 4) is 22.5 Å². The zero-order chi connectivity index (χ0) is 24.9. The second-order valence-corrected chi connectivity index (χ2v) is 8.51. The number of aryl methyl sites for hydroxylation is 1. The average molecular weight is 480 g/mol. The van der Waals surface area contributed by atoms with Crippen molar-refractivity contribution in [3.05, 3.63) is 101 Å². The summed E-state index contributed by atoms with van der Waals surface area (Å²) in [4.78, 5) is 15.7. The summed E-state index contributed by atoms with van der Waals surface area (Å²) in [7, 11) is 0. The summed E-state index contributed by atoms with van der Waals surface area (Å²) < 4.78 is 1.95. The predicted octanol–water partition coefficient (Wildman–Crippen LogP) is 3.95. The highest BCUT2D eigenvalue weighted by Gasteiger charge is 2.13. The maximum absolute atomic E-state index is 10.9. The number of carbonyl (C=O) groups is 1. The maximum Gasteiger partial charge on any atom is 0.307 e. The topological polar surface area (TPSA) is 122 Å². The average Bonchev–Trinajstić information content (AvgIpc) is 3.56. The molecular weight excluding hydrogens is 454 g/mol. The van der Waals surface area contributed by atoms with Crippen LogP contribution in [-0.4, -0.2) is 46.5 Å². The number of aliphatic carboxylic acids is 1. The molecule has 0 atom stereocenters. The van der Waals surface area contributed by atoms with Crippen molar-refractivity contribution in [2.45, 2.75) is 32.7 Å². The van der Waals surface area contributed by atoms with Crippen LogP contribution in [0.15, 0.2) is 72.8 Å². The Labute approximate surface area is 207 Å². The second kappa shape index (κ2) is 10.3. The number of carboxylic acid groups (broad SMARTS) is 1. The number of nitrogens with one attached hydrogen (secondary N) is 1. The van der Waals surface area contributed by atoms with Crippen LogP contribution in [0.3, 0.4) is 0 Å². The first-order valence-electron chi connectivity index (χ1n) is 11.7. The van der Waals surface area contributed by atoms with Gasteiger partial charge in [-0.05, 0) is 38.2 Å². The lowest BCUT2D eigenvalue weighted by Crippen LogP contribution is -2.08. The van der Waals surface area contributed by atoms with Gasteiger partial charge < -0.3 is 5.11 Å². The van der Waals surface area contributed by atoms with Gasteiger partial charge in [0.25, 0.3) is 0 Å². The van der Waals surface area contributed by atoms with E-state index < -0.39 is 5.97 Å². The van der Waals surface area contributed by atoms with Crippen LogP contribution in [-0.2, 0) is 30.6 Å². The van der Waals surface area contributed by atoms with E-state index >= 15 is 0 Å². The Hall–Kier alpha value is -4.66. The first-order chi connectivity index (χ1) is 17.6. The molecule has 3 aromatic carbocycles. The molecule has 9 nitrogen and oxygen atoms in total. The van der Waals surface area contributed by atoms with Gasteiger partial charge in [0.05, 0.1) is 13.0 Å². The number of carboxylic acids is 1. The van der Waals surface area contributed by atoms with Crippen molar-refractivity contribution < 1.29 is 9.90 Å². The molecule has 36 heavy (non-hydrogen) atoms. The first kappa shape index (κ1) is 23.1. The SMILES string of the molecule is CCc1nc(Cc2ccc(CC(=O)O)cc2)n(Cc2ccc(-c3ccccc3-c3nnn[nH]3)cc2)n1. The molecule has 0 saturated heterocycles. The Balaban J connectivity index is 1.35. The molecule has 9 heteroatoms. The first-order valence-corrected chi connectivity index (χ1v) is 11.7. The van der Waals surface area contributed by atoms with Crippen LogP contribution >= 0.6 is 0 Å². The third-order valence-corrected chi connectivity index (χ3v) is 5.97. The molecule has 0 unspecified atom stereocenters. The lowest BCUT2D eigenvalue weighted by Gasteiger charge is -2.10. The number of nitrogens with zero attached hydrogens (tertiary/aromatic N) is 6. The smallest absolute Gasteiger partial charge is 0.307 e. The lowest BCUT2D eigenvalue weighted by molar-refractivity contribution is -0.136. The maximum atomic E-state index is 10.9. The van der Waals surface area contributed by atoms with Gasteiger partial charge in [0.2, 0.25) is 0 Å². The Morgan fingerprint density at radius 2 is 1.61 bits per heavy atom. The number of rotatable bonds is 9. The number of benzene rings is 3. The summed E-state index contributed by atoms with van der Waals surface area (Å²) in [5.74, 6) is 1.48. The highest BCUT2D eigenvalue weighted by molar-refractivity contribution is 5.80. The number of aromatic nitrogens is 7. The van der Waals surface area contributed by atoms with Gasteiger partial charge in [-0.1, -0.05) is 79.7 Å². The van der Waals surface area contributed by atoms with Crippen molar-refractivity contribution in [1.82, 2.24) is 35.4 Å². The van der Waals surface area contributed by atoms with Crippen molar-refractivity contribution in [3.63, 3.8) is 0 Å². The van der Waals surface area contributed by atoms with Crippen molar-refractivity contribution in [2.75, 3.05) is 0 Å². The highest BCUT2D eigenvalue weighted by atomic mass is 16.4. The van der Waals surface area contributed by atoms with Crippen LogP contribution in [0.2, 0.25) is 0 Å². The van der Waals surface area contributed by atoms with Gasteiger partial charge in [-0.2, -0.15) is 5.10 Å². The molecule has 5 aromatic rings. The van der Waals surface area contributed by atoms with Crippen LogP contribution in [0.1, 0.15) is 35.3 Å². The van der Waals surface area contributed by atoms with E-state index in [0.29, 0.717) is 18.8 Å². The minimum atomic E-state index is -0.834. The second-order valence-electron chi connectivity index (χ2n) is 8.51. The molecule has 0 radical (unpaired) electrons. The molecule has 5 rings (SSSR count). The molecule has 0 fully saturated rings. The molecule has 0 aliphatic rings. The summed E-state index contributed by atoms with van der Waals surface area (Å²) in [5, 5.41) is 28.0. The molecular formula is C27H25N7O2. The minimum absolute atomic E-state index is 0.0200. The van der Waals surface area contributed by atoms with E-state index in [4.69, 9.17) is 15.2 Å². The van der Waals surface area contributed by atoms with E-state index in [-0.39, 0.29) is 6.42 Å². The number of tetrazole rings is 1. The van der Waals surface area contributed by atoms with E-state index in [1.165, 1.54) is 0 Å². The number of aromatic amines is 1. The van der Waals surface area contributed by atoms with Crippen LogP contribution in [0.5, 0.6) is 0 Å². The number of hydrogen-bond donors (Lipinski definition) is 2. The molecule has 2 heterocycles. The summed E-state index contributed by atoms with van der Waals surface area (Å²) in [6.07, 6.45) is 1.40. The summed E-state index contributed by atoms with van der Waals surface area (Å²) in [5.41, 5.74) is 6.01. The standard InChI is InChI=1S/C27H25N7O2/c1-2-24-28-25(15-18-7-9-19(10-8-18)16-26(35)36)34(31-24)17-20-11-13-21(14-12-20)22-5-3-4-6-23(22)27-29-32-33-30-27/h3-14H,2,15-17H2,1H3,(H,35,36)(H,29,30,32,33). The molecule has 0 saturated carbocycles. The minimum Gasteiger partial charge on any atom is -0.481 e. The summed E-state index contributed by atoms with van der Waals surface area (Å²) in [6.45, 7) is 2.65. The van der Waals surface area contributed by atoms with Crippen LogP contribution < -0.4 is 0 Å². The van der Waals surface area contributed by atoms with Crippen molar-refractivity contribution in [1.29, 1.82) is 0 Å². The fourth-order valence-electron chi connectivity index (χ4n) is 4.14. The van der Waals surface area contributed by atoms with Crippen LogP contribution in [0, 0.1) is 0 Å². The third-order valence-electron chi connectivity index (χ3n) is 5.97. The Bertz CT molecular complexity index is 1460.